The fraction of sp³-hybridized carbons (Fsp3) is 0.857. The molecule has 0 aliphatic heterocycles. The first kappa shape index (κ1) is 15.0. The van der Waals surface area contributed by atoms with E-state index >= 15 is 0 Å². The molecule has 1 fully saturated rings. The number of hydrogen-bond donors (Lipinski definition) is 2. The van der Waals surface area contributed by atoms with Gasteiger partial charge in [0.15, 0.2) is 0 Å². The van der Waals surface area contributed by atoms with E-state index in [0.717, 1.165) is 6.42 Å². The van der Waals surface area contributed by atoms with Crippen LogP contribution >= 0.6 is 0 Å². The molecule has 2 N–H and O–H groups in total. The van der Waals surface area contributed by atoms with Crippen LogP contribution in [0.25, 0.3) is 0 Å². The predicted octanol–water partition coefficient (Wildman–Crippen LogP) is 2.72. The van der Waals surface area contributed by atoms with Gasteiger partial charge in [0.05, 0.1) is 6.42 Å². The van der Waals surface area contributed by atoms with Crippen molar-refractivity contribution in [3.63, 3.8) is 0 Å². The zero-order chi connectivity index (χ0) is 13.4. The van der Waals surface area contributed by atoms with Crippen molar-refractivity contribution in [2.24, 2.45) is 5.92 Å². The summed E-state index contributed by atoms with van der Waals surface area (Å²) >= 11 is 0. The molecule has 0 spiro atoms. The fourth-order valence-corrected chi connectivity index (χ4v) is 2.62. The highest BCUT2D eigenvalue weighted by molar-refractivity contribution is 5.77. The lowest BCUT2D eigenvalue weighted by Crippen LogP contribution is -2.36. The number of amides is 1. The Morgan fingerprint density at radius 1 is 1.28 bits per heavy atom. The Morgan fingerprint density at radius 2 is 1.94 bits per heavy atom. The van der Waals surface area contributed by atoms with Gasteiger partial charge in [0, 0.05) is 12.5 Å². The molecular weight excluding hydrogens is 230 g/mol. The Morgan fingerprint density at radius 3 is 2.50 bits per heavy atom. The molecule has 0 aromatic carbocycles. The molecule has 4 heteroatoms. The van der Waals surface area contributed by atoms with Gasteiger partial charge in [0.2, 0.25) is 5.91 Å². The lowest BCUT2D eigenvalue weighted by atomic mass is 9.86. The summed E-state index contributed by atoms with van der Waals surface area (Å²) in [7, 11) is 0. The monoisotopic (exact) mass is 255 g/mol. The number of carboxylic acid groups (broad SMARTS) is 1. The number of hydrogen-bond acceptors (Lipinski definition) is 2. The minimum Gasteiger partial charge on any atom is -0.481 e. The van der Waals surface area contributed by atoms with E-state index in [1.165, 1.54) is 32.1 Å². The van der Waals surface area contributed by atoms with Crippen molar-refractivity contribution < 1.29 is 14.7 Å². The molecule has 1 aliphatic rings. The zero-order valence-electron chi connectivity index (χ0n) is 11.3. The Labute approximate surface area is 109 Å². The van der Waals surface area contributed by atoms with E-state index in [1.807, 2.05) is 6.92 Å². The van der Waals surface area contributed by atoms with Crippen molar-refractivity contribution >= 4 is 11.9 Å². The van der Waals surface area contributed by atoms with Crippen LogP contribution in [0.2, 0.25) is 0 Å². The topological polar surface area (TPSA) is 66.4 Å². The van der Waals surface area contributed by atoms with Crippen LogP contribution in [0.1, 0.15) is 64.7 Å². The molecule has 0 heterocycles. The van der Waals surface area contributed by atoms with Crippen molar-refractivity contribution in [3.05, 3.63) is 0 Å². The summed E-state index contributed by atoms with van der Waals surface area (Å²) in [4.78, 5) is 22.3. The number of nitrogens with one attached hydrogen (secondary N) is 1. The summed E-state index contributed by atoms with van der Waals surface area (Å²) in [5.74, 6) is -0.146. The molecule has 0 bridgehead atoms. The average Bonchev–Trinajstić information content (AvgIpc) is 2.36. The first-order chi connectivity index (χ1) is 8.61. The first-order valence-corrected chi connectivity index (χ1v) is 7.13. The normalized spacial score (nSPS) is 18.3. The van der Waals surface area contributed by atoms with Crippen LogP contribution in [0, 0.1) is 5.92 Å². The van der Waals surface area contributed by atoms with Crippen LogP contribution in [-0.4, -0.2) is 23.0 Å². The smallest absolute Gasteiger partial charge is 0.305 e. The molecule has 4 nitrogen and oxygen atoms in total. The molecule has 1 saturated carbocycles. The van der Waals surface area contributed by atoms with E-state index in [1.54, 1.807) is 0 Å². The molecule has 1 rings (SSSR count). The standard InChI is InChI=1S/C14H25NO3/c1-2-12(10-14(17)18)15-13(16)9-8-11-6-4-3-5-7-11/h11-12H,2-10H2,1H3,(H,15,16)(H,17,18). The van der Waals surface area contributed by atoms with Crippen LogP contribution in [0.4, 0.5) is 0 Å². The molecule has 1 atom stereocenters. The Balaban J connectivity index is 2.20. The highest BCUT2D eigenvalue weighted by Crippen LogP contribution is 2.27. The fourth-order valence-electron chi connectivity index (χ4n) is 2.62. The third kappa shape index (κ3) is 6.03. The van der Waals surface area contributed by atoms with Crippen LogP contribution in [0.5, 0.6) is 0 Å². The highest BCUT2D eigenvalue weighted by atomic mass is 16.4. The van der Waals surface area contributed by atoms with Gasteiger partial charge in [0.25, 0.3) is 0 Å². The number of aliphatic carboxylic acids is 1. The minimum atomic E-state index is -0.852. The minimum absolute atomic E-state index is 0.00803. The number of carboxylic acids is 1. The summed E-state index contributed by atoms with van der Waals surface area (Å²) in [6.07, 6.45) is 8.60. The van der Waals surface area contributed by atoms with Gasteiger partial charge in [-0.3, -0.25) is 9.59 Å². The lowest BCUT2D eigenvalue weighted by Gasteiger charge is -2.21. The van der Waals surface area contributed by atoms with Crippen molar-refractivity contribution in [2.45, 2.75) is 70.8 Å². The molecule has 0 aromatic rings. The Bertz CT molecular complexity index is 272. The third-order valence-electron chi connectivity index (χ3n) is 3.78. The maximum atomic E-state index is 11.7. The van der Waals surface area contributed by atoms with E-state index in [9.17, 15) is 9.59 Å². The molecule has 1 aliphatic carbocycles. The van der Waals surface area contributed by atoms with Crippen LogP contribution in [-0.2, 0) is 9.59 Å². The second-order valence-electron chi connectivity index (χ2n) is 5.31. The van der Waals surface area contributed by atoms with E-state index in [4.69, 9.17) is 5.11 Å². The van der Waals surface area contributed by atoms with Gasteiger partial charge in [-0.05, 0) is 18.8 Å². The van der Waals surface area contributed by atoms with Gasteiger partial charge < -0.3 is 10.4 Å². The number of rotatable bonds is 7. The largest absolute Gasteiger partial charge is 0.481 e. The van der Waals surface area contributed by atoms with E-state index in [-0.39, 0.29) is 18.4 Å². The second kappa shape index (κ2) is 8.11. The highest BCUT2D eigenvalue weighted by Gasteiger charge is 2.17. The summed E-state index contributed by atoms with van der Waals surface area (Å²) < 4.78 is 0. The maximum absolute atomic E-state index is 11.7. The molecule has 0 aromatic heterocycles. The van der Waals surface area contributed by atoms with E-state index in [2.05, 4.69) is 5.32 Å². The molecule has 0 saturated heterocycles. The molecule has 18 heavy (non-hydrogen) atoms. The van der Waals surface area contributed by atoms with Crippen LogP contribution in [0.3, 0.4) is 0 Å². The van der Waals surface area contributed by atoms with Gasteiger partial charge >= 0.3 is 5.97 Å². The third-order valence-corrected chi connectivity index (χ3v) is 3.78. The summed E-state index contributed by atoms with van der Waals surface area (Å²) in [5, 5.41) is 11.5. The van der Waals surface area contributed by atoms with Gasteiger partial charge in [-0.2, -0.15) is 0 Å². The number of carbonyl (C=O) groups is 2. The predicted molar refractivity (Wildman–Crippen MR) is 70.3 cm³/mol. The van der Waals surface area contributed by atoms with E-state index in [0.29, 0.717) is 18.8 Å². The van der Waals surface area contributed by atoms with Gasteiger partial charge in [-0.1, -0.05) is 39.0 Å². The molecule has 0 radical (unpaired) electrons. The summed E-state index contributed by atoms with van der Waals surface area (Å²) in [5.41, 5.74) is 0. The van der Waals surface area contributed by atoms with Crippen molar-refractivity contribution in [2.75, 3.05) is 0 Å². The van der Waals surface area contributed by atoms with Crippen molar-refractivity contribution in [3.8, 4) is 0 Å². The van der Waals surface area contributed by atoms with Crippen molar-refractivity contribution in [1.82, 2.24) is 5.32 Å². The Kier molecular flexibility index (Phi) is 6.76. The van der Waals surface area contributed by atoms with E-state index < -0.39 is 5.97 Å². The lowest BCUT2D eigenvalue weighted by molar-refractivity contribution is -0.137. The average molecular weight is 255 g/mol. The van der Waals surface area contributed by atoms with Gasteiger partial charge in [-0.15, -0.1) is 0 Å². The maximum Gasteiger partial charge on any atom is 0.305 e. The second-order valence-corrected chi connectivity index (χ2v) is 5.31. The van der Waals surface area contributed by atoms with Gasteiger partial charge in [-0.25, -0.2) is 0 Å². The summed E-state index contributed by atoms with van der Waals surface area (Å²) in [6, 6.07) is -0.221. The van der Waals surface area contributed by atoms with Gasteiger partial charge in [0.1, 0.15) is 0 Å². The summed E-state index contributed by atoms with van der Waals surface area (Å²) in [6.45, 7) is 1.90. The SMILES string of the molecule is CCC(CC(=O)O)NC(=O)CCC1CCCCC1. The number of carbonyl (C=O) groups excluding carboxylic acids is 1. The van der Waals surface area contributed by atoms with Crippen molar-refractivity contribution in [1.29, 1.82) is 0 Å². The Hall–Kier alpha value is -1.06. The molecule has 1 amide bonds. The quantitative estimate of drug-likeness (QED) is 0.735. The molecule has 104 valence electrons. The van der Waals surface area contributed by atoms with Crippen LogP contribution in [0.15, 0.2) is 0 Å². The molecule has 1 unspecified atom stereocenters. The zero-order valence-corrected chi connectivity index (χ0v) is 11.3. The molecular formula is C14H25NO3. The first-order valence-electron chi connectivity index (χ1n) is 7.13. The van der Waals surface area contributed by atoms with Crippen LogP contribution < -0.4 is 5.32 Å².